The van der Waals surface area contributed by atoms with Crippen LogP contribution in [0.5, 0.6) is 0 Å². The van der Waals surface area contributed by atoms with Crippen molar-refractivity contribution in [3.05, 3.63) is 23.8 Å². The van der Waals surface area contributed by atoms with Gasteiger partial charge in [-0.15, -0.1) is 0 Å². The second-order valence-electron chi connectivity index (χ2n) is 2.45. The van der Waals surface area contributed by atoms with Crippen LogP contribution in [0.2, 0.25) is 0 Å². The van der Waals surface area contributed by atoms with Crippen LogP contribution in [-0.2, 0) is 4.79 Å². The van der Waals surface area contributed by atoms with Crippen LogP contribution >= 0.6 is 0 Å². The number of allylic oxidation sites excluding steroid dienone is 3. The Kier molecular flexibility index (Phi) is 1.07. The van der Waals surface area contributed by atoms with E-state index in [2.05, 4.69) is 11.1 Å². The molecule has 0 unspecified atom stereocenters. The van der Waals surface area contributed by atoms with E-state index < -0.39 is 0 Å². The molecule has 50 valence electrons. The highest BCUT2D eigenvalue weighted by Gasteiger charge is 2.15. The molecule has 0 spiro atoms. The Morgan fingerprint density at radius 2 is 2.40 bits per heavy atom. The molecule has 1 amide bonds. The van der Waals surface area contributed by atoms with Gasteiger partial charge >= 0.3 is 0 Å². The number of amides is 1. The minimum atomic E-state index is -0.100. The predicted octanol–water partition coefficient (Wildman–Crippen LogP) is 1.24. The lowest BCUT2D eigenvalue weighted by Crippen LogP contribution is -1.98. The number of rotatable bonds is 0. The number of carbonyl (C=O) groups is 1. The largest absolute Gasteiger partial charge is 0.270 e. The summed E-state index contributed by atoms with van der Waals surface area (Å²) >= 11 is 0. The van der Waals surface area contributed by atoms with Crippen molar-refractivity contribution in [1.82, 2.24) is 0 Å². The molecule has 10 heavy (non-hydrogen) atoms. The van der Waals surface area contributed by atoms with Gasteiger partial charge < -0.3 is 0 Å². The molecule has 0 saturated heterocycles. The van der Waals surface area contributed by atoms with E-state index in [4.69, 9.17) is 0 Å². The summed E-state index contributed by atoms with van der Waals surface area (Å²) in [6.07, 6.45) is 7.60. The third-order valence-electron chi connectivity index (χ3n) is 1.71. The van der Waals surface area contributed by atoms with Crippen molar-refractivity contribution in [2.45, 2.75) is 12.8 Å². The van der Waals surface area contributed by atoms with E-state index in [9.17, 15) is 4.79 Å². The van der Waals surface area contributed by atoms with Crippen molar-refractivity contribution < 1.29 is 4.79 Å². The van der Waals surface area contributed by atoms with Crippen molar-refractivity contribution in [1.29, 1.82) is 0 Å². The Morgan fingerprint density at radius 1 is 1.50 bits per heavy atom. The molecule has 0 aromatic rings. The van der Waals surface area contributed by atoms with Gasteiger partial charge in [-0.1, -0.05) is 6.08 Å². The molecular weight excluding hydrogens is 126 g/mol. The summed E-state index contributed by atoms with van der Waals surface area (Å²) < 4.78 is 0. The van der Waals surface area contributed by atoms with Crippen LogP contribution in [0.25, 0.3) is 0 Å². The van der Waals surface area contributed by atoms with E-state index in [0.29, 0.717) is 0 Å². The molecule has 0 aromatic carbocycles. The number of fused-ring (bicyclic) bond motifs is 1. The lowest BCUT2D eigenvalue weighted by Gasteiger charge is -2.04. The Bertz CT molecular complexity index is 271. The highest BCUT2D eigenvalue weighted by molar-refractivity contribution is 6.21. The van der Waals surface area contributed by atoms with E-state index in [1.165, 1.54) is 0 Å². The van der Waals surface area contributed by atoms with E-state index in [1.54, 1.807) is 6.08 Å². The first-order valence-electron chi connectivity index (χ1n) is 3.36. The number of hydrogen-bond acceptors (Lipinski definition) is 1. The third-order valence-corrected chi connectivity index (χ3v) is 1.71. The second kappa shape index (κ2) is 1.90. The molecule has 1 aliphatic carbocycles. The minimum Gasteiger partial charge on any atom is -0.267 e. The van der Waals surface area contributed by atoms with Crippen molar-refractivity contribution in [2.75, 3.05) is 0 Å². The normalized spacial score (nSPS) is 22.2. The maximum atomic E-state index is 10.7. The van der Waals surface area contributed by atoms with Gasteiger partial charge in [0, 0.05) is 6.08 Å². The van der Waals surface area contributed by atoms with Crippen LogP contribution in [-0.4, -0.2) is 11.6 Å². The maximum Gasteiger partial charge on any atom is 0.270 e. The third kappa shape index (κ3) is 0.727. The number of aliphatic imine (C=N–C) groups is 1. The molecule has 0 saturated carbocycles. The fraction of sp³-hybridized carbons (Fsp3) is 0.250. The van der Waals surface area contributed by atoms with Gasteiger partial charge in [0.05, 0.1) is 5.71 Å². The zero-order chi connectivity index (χ0) is 6.97. The molecule has 1 heterocycles. The van der Waals surface area contributed by atoms with E-state index >= 15 is 0 Å². The number of nitrogens with zero attached hydrogens (tertiary/aromatic N) is 1. The molecule has 0 atom stereocenters. The van der Waals surface area contributed by atoms with Crippen molar-refractivity contribution in [3.8, 4) is 0 Å². The first kappa shape index (κ1) is 5.59. The van der Waals surface area contributed by atoms with E-state index in [-0.39, 0.29) is 5.91 Å². The summed E-state index contributed by atoms with van der Waals surface area (Å²) in [7, 11) is 0. The monoisotopic (exact) mass is 133 g/mol. The fourth-order valence-corrected chi connectivity index (χ4v) is 1.22. The first-order valence-corrected chi connectivity index (χ1v) is 3.36. The molecule has 2 rings (SSSR count). The zero-order valence-electron chi connectivity index (χ0n) is 5.50. The van der Waals surface area contributed by atoms with E-state index in [1.807, 2.05) is 6.08 Å². The average molecular weight is 133 g/mol. The molecule has 1 aliphatic heterocycles. The quantitative estimate of drug-likeness (QED) is 0.489. The van der Waals surface area contributed by atoms with Crippen molar-refractivity contribution in [3.63, 3.8) is 0 Å². The van der Waals surface area contributed by atoms with Gasteiger partial charge in [-0.3, -0.25) is 4.79 Å². The van der Waals surface area contributed by atoms with Crippen LogP contribution < -0.4 is 0 Å². The first-order chi connectivity index (χ1) is 4.86. The second-order valence-corrected chi connectivity index (χ2v) is 2.45. The van der Waals surface area contributed by atoms with Crippen LogP contribution in [0.1, 0.15) is 12.8 Å². The molecular formula is C8H7NO. The van der Waals surface area contributed by atoms with Gasteiger partial charge in [0.25, 0.3) is 5.91 Å². The summed E-state index contributed by atoms with van der Waals surface area (Å²) in [6, 6.07) is 0. The molecule has 0 fully saturated rings. The van der Waals surface area contributed by atoms with Crippen molar-refractivity contribution in [2.24, 2.45) is 4.99 Å². The number of hydrogen-bond donors (Lipinski definition) is 0. The summed E-state index contributed by atoms with van der Waals surface area (Å²) in [5.41, 5.74) is 1.98. The molecule has 0 bridgehead atoms. The van der Waals surface area contributed by atoms with Gasteiger partial charge in [-0.2, -0.15) is 0 Å². The summed E-state index contributed by atoms with van der Waals surface area (Å²) in [6.45, 7) is 0. The van der Waals surface area contributed by atoms with E-state index in [0.717, 1.165) is 24.1 Å². The smallest absolute Gasteiger partial charge is 0.267 e. The molecule has 0 aromatic heterocycles. The SMILES string of the molecule is O=C1C=C2CCC=CC2=N1. The Hall–Kier alpha value is -1.18. The van der Waals surface area contributed by atoms with Crippen LogP contribution in [0, 0.1) is 0 Å². The van der Waals surface area contributed by atoms with Crippen molar-refractivity contribution >= 4 is 11.6 Å². The summed E-state index contributed by atoms with van der Waals surface area (Å²) in [5, 5.41) is 0. The fourth-order valence-electron chi connectivity index (χ4n) is 1.22. The lowest BCUT2D eigenvalue weighted by molar-refractivity contribution is -0.113. The molecule has 0 N–H and O–H groups in total. The van der Waals surface area contributed by atoms with Gasteiger partial charge in [-0.25, -0.2) is 4.99 Å². The average Bonchev–Trinajstić information content (AvgIpc) is 2.27. The minimum absolute atomic E-state index is 0.100. The standard InChI is InChI=1S/C8H7NO/c10-8-5-6-3-1-2-4-7(6)9-8/h2,4-5H,1,3H2. The van der Waals surface area contributed by atoms with Crippen LogP contribution in [0.4, 0.5) is 0 Å². The van der Waals surface area contributed by atoms with Crippen LogP contribution in [0.3, 0.4) is 0 Å². The zero-order valence-corrected chi connectivity index (χ0v) is 5.50. The highest BCUT2D eigenvalue weighted by atomic mass is 16.1. The summed E-state index contributed by atoms with van der Waals surface area (Å²) in [4.78, 5) is 14.5. The Morgan fingerprint density at radius 3 is 3.20 bits per heavy atom. The Balaban J connectivity index is 2.46. The molecule has 2 heteroatoms. The van der Waals surface area contributed by atoms with Gasteiger partial charge in [-0.05, 0) is 24.5 Å². The highest BCUT2D eigenvalue weighted by Crippen LogP contribution is 2.19. The topological polar surface area (TPSA) is 29.4 Å². The lowest BCUT2D eigenvalue weighted by atomic mass is 10.0. The predicted molar refractivity (Wildman–Crippen MR) is 38.9 cm³/mol. The maximum absolute atomic E-state index is 10.7. The molecule has 2 aliphatic rings. The summed E-state index contributed by atoms with van der Waals surface area (Å²) in [5.74, 6) is -0.100. The molecule has 2 nitrogen and oxygen atoms in total. The van der Waals surface area contributed by atoms with Gasteiger partial charge in [0.2, 0.25) is 0 Å². The molecule has 0 radical (unpaired) electrons. The van der Waals surface area contributed by atoms with Gasteiger partial charge in [0.1, 0.15) is 0 Å². The number of carbonyl (C=O) groups excluding carboxylic acids is 1. The Labute approximate surface area is 59.0 Å². The van der Waals surface area contributed by atoms with Gasteiger partial charge in [0.15, 0.2) is 0 Å². The van der Waals surface area contributed by atoms with Crippen LogP contribution in [0.15, 0.2) is 28.8 Å².